The molecule has 0 fully saturated rings. The molecular weight excluding hydrogens is 156 g/mol. The summed E-state index contributed by atoms with van der Waals surface area (Å²) in [5.41, 5.74) is 0.257. The van der Waals surface area contributed by atoms with Gasteiger partial charge >= 0.3 is 5.97 Å². The van der Waals surface area contributed by atoms with E-state index in [4.69, 9.17) is 11.6 Å². The van der Waals surface area contributed by atoms with Gasteiger partial charge in [-0.3, -0.25) is 0 Å². The second kappa shape index (κ2) is 2.70. The number of aromatic amines is 1. The van der Waals surface area contributed by atoms with E-state index in [9.17, 15) is 4.79 Å². The van der Waals surface area contributed by atoms with Crippen molar-refractivity contribution in [3.05, 3.63) is 17.2 Å². The van der Waals surface area contributed by atoms with Crippen LogP contribution >= 0.6 is 11.6 Å². The molecule has 0 aromatic carbocycles. The van der Waals surface area contributed by atoms with Crippen LogP contribution in [0.5, 0.6) is 0 Å². The van der Waals surface area contributed by atoms with Crippen LogP contribution in [0.2, 0.25) is 5.28 Å². The summed E-state index contributed by atoms with van der Waals surface area (Å²) in [6.45, 7) is 0. The fourth-order valence-corrected chi connectivity index (χ4v) is 0.661. The Kier molecular flexibility index (Phi) is 1.91. The zero-order valence-corrected chi connectivity index (χ0v) is 5.97. The number of imidazole rings is 1. The highest BCUT2D eigenvalue weighted by molar-refractivity contribution is 6.28. The van der Waals surface area contributed by atoms with Crippen molar-refractivity contribution >= 4 is 17.6 Å². The summed E-state index contributed by atoms with van der Waals surface area (Å²) in [6.07, 6.45) is 1.31. The molecule has 0 spiro atoms. The van der Waals surface area contributed by atoms with Crippen LogP contribution in [0.25, 0.3) is 0 Å². The van der Waals surface area contributed by atoms with Crippen molar-refractivity contribution in [2.45, 2.75) is 0 Å². The van der Waals surface area contributed by atoms with Gasteiger partial charge in [-0.1, -0.05) is 0 Å². The first kappa shape index (κ1) is 7.08. The number of carbonyl (C=O) groups excluding carboxylic acids is 1. The highest BCUT2D eigenvalue weighted by atomic mass is 35.5. The SMILES string of the molecule is COC(=O)c1cnc(Cl)[nH]1. The number of carbonyl (C=O) groups is 1. The molecule has 0 aliphatic carbocycles. The van der Waals surface area contributed by atoms with Crippen molar-refractivity contribution in [2.24, 2.45) is 0 Å². The Balaban J connectivity index is 2.85. The maximum atomic E-state index is 10.7. The van der Waals surface area contributed by atoms with Crippen molar-refractivity contribution in [1.82, 2.24) is 9.97 Å². The molecule has 0 aliphatic heterocycles. The van der Waals surface area contributed by atoms with Gasteiger partial charge in [0.1, 0.15) is 5.69 Å². The van der Waals surface area contributed by atoms with E-state index >= 15 is 0 Å². The van der Waals surface area contributed by atoms with Gasteiger partial charge in [0.05, 0.1) is 13.3 Å². The largest absolute Gasteiger partial charge is 0.464 e. The molecule has 0 aliphatic rings. The first-order valence-corrected chi connectivity index (χ1v) is 2.90. The minimum Gasteiger partial charge on any atom is -0.464 e. The molecule has 1 aromatic rings. The molecule has 5 heteroatoms. The van der Waals surface area contributed by atoms with Crippen molar-refractivity contribution in [1.29, 1.82) is 0 Å². The number of methoxy groups -OCH3 is 1. The zero-order valence-electron chi connectivity index (χ0n) is 5.22. The van der Waals surface area contributed by atoms with Gasteiger partial charge in [0, 0.05) is 0 Å². The lowest BCUT2D eigenvalue weighted by Gasteiger charge is -1.90. The summed E-state index contributed by atoms with van der Waals surface area (Å²) in [5.74, 6) is -0.473. The Morgan fingerprint density at radius 3 is 3.00 bits per heavy atom. The van der Waals surface area contributed by atoms with Crippen LogP contribution in [-0.2, 0) is 4.74 Å². The fourth-order valence-electron chi connectivity index (χ4n) is 0.511. The van der Waals surface area contributed by atoms with E-state index in [2.05, 4.69) is 14.7 Å². The third kappa shape index (κ3) is 1.27. The van der Waals surface area contributed by atoms with E-state index in [-0.39, 0.29) is 11.0 Å². The molecule has 1 N–H and O–H groups in total. The Labute approximate surface area is 62.2 Å². The van der Waals surface area contributed by atoms with Crippen LogP contribution in [0.4, 0.5) is 0 Å². The summed E-state index contributed by atoms with van der Waals surface area (Å²) >= 11 is 5.39. The van der Waals surface area contributed by atoms with Gasteiger partial charge in [-0.25, -0.2) is 9.78 Å². The highest BCUT2D eigenvalue weighted by Gasteiger charge is 2.06. The number of esters is 1. The summed E-state index contributed by atoms with van der Waals surface area (Å²) in [6, 6.07) is 0. The number of H-pyrrole nitrogens is 1. The lowest BCUT2D eigenvalue weighted by atomic mass is 10.5. The van der Waals surface area contributed by atoms with Crippen LogP contribution < -0.4 is 0 Å². The third-order valence-electron chi connectivity index (χ3n) is 0.950. The maximum absolute atomic E-state index is 10.7. The van der Waals surface area contributed by atoms with Crippen molar-refractivity contribution in [2.75, 3.05) is 7.11 Å². The average Bonchev–Trinajstić information content (AvgIpc) is 2.34. The molecule has 1 heterocycles. The topological polar surface area (TPSA) is 55.0 Å². The predicted molar refractivity (Wildman–Crippen MR) is 34.9 cm³/mol. The second-order valence-electron chi connectivity index (χ2n) is 1.58. The molecule has 0 saturated heterocycles. The monoisotopic (exact) mass is 160 g/mol. The number of nitrogens with zero attached hydrogens (tertiary/aromatic N) is 1. The summed E-state index contributed by atoms with van der Waals surface area (Å²) in [4.78, 5) is 16.8. The normalized spacial score (nSPS) is 9.40. The number of nitrogens with one attached hydrogen (secondary N) is 1. The summed E-state index contributed by atoms with van der Waals surface area (Å²) < 4.78 is 4.38. The Morgan fingerprint density at radius 2 is 2.60 bits per heavy atom. The van der Waals surface area contributed by atoms with Crippen LogP contribution in [-0.4, -0.2) is 23.0 Å². The number of halogens is 1. The number of aromatic nitrogens is 2. The van der Waals surface area contributed by atoms with E-state index in [1.807, 2.05) is 0 Å². The molecule has 10 heavy (non-hydrogen) atoms. The Morgan fingerprint density at radius 1 is 1.90 bits per heavy atom. The minimum absolute atomic E-state index is 0.181. The van der Waals surface area contributed by atoms with E-state index in [0.29, 0.717) is 0 Å². The fraction of sp³-hybridized carbons (Fsp3) is 0.200. The summed E-state index contributed by atoms with van der Waals surface area (Å²) in [5, 5.41) is 0.181. The van der Waals surface area contributed by atoms with Gasteiger partial charge in [-0.05, 0) is 11.6 Å². The van der Waals surface area contributed by atoms with Gasteiger partial charge < -0.3 is 9.72 Å². The molecule has 0 atom stereocenters. The molecule has 1 aromatic heterocycles. The molecule has 54 valence electrons. The van der Waals surface area contributed by atoms with Crippen molar-refractivity contribution in [3.63, 3.8) is 0 Å². The second-order valence-corrected chi connectivity index (χ2v) is 1.94. The molecule has 0 saturated carbocycles. The zero-order chi connectivity index (χ0) is 7.56. The van der Waals surface area contributed by atoms with Crippen LogP contribution in [0.3, 0.4) is 0 Å². The third-order valence-corrected chi connectivity index (χ3v) is 1.14. The number of hydrogen-bond acceptors (Lipinski definition) is 3. The Hall–Kier alpha value is -1.03. The van der Waals surface area contributed by atoms with Gasteiger partial charge in [-0.2, -0.15) is 0 Å². The van der Waals surface area contributed by atoms with Gasteiger partial charge in [0.15, 0.2) is 0 Å². The number of ether oxygens (including phenoxy) is 1. The highest BCUT2D eigenvalue weighted by Crippen LogP contribution is 2.02. The molecule has 0 amide bonds. The number of hydrogen-bond donors (Lipinski definition) is 1. The molecule has 0 radical (unpaired) electrons. The van der Waals surface area contributed by atoms with Crippen LogP contribution in [0.15, 0.2) is 6.20 Å². The first-order chi connectivity index (χ1) is 4.74. The Bertz CT molecular complexity index is 246. The molecule has 0 unspecified atom stereocenters. The maximum Gasteiger partial charge on any atom is 0.356 e. The quantitative estimate of drug-likeness (QED) is 0.620. The van der Waals surface area contributed by atoms with E-state index in [1.54, 1.807) is 0 Å². The lowest BCUT2D eigenvalue weighted by molar-refractivity contribution is 0.0594. The lowest BCUT2D eigenvalue weighted by Crippen LogP contribution is -2.00. The smallest absolute Gasteiger partial charge is 0.356 e. The van der Waals surface area contributed by atoms with Crippen molar-refractivity contribution < 1.29 is 9.53 Å². The van der Waals surface area contributed by atoms with Gasteiger partial charge in [0.25, 0.3) is 0 Å². The predicted octanol–water partition coefficient (Wildman–Crippen LogP) is 0.850. The van der Waals surface area contributed by atoms with Crippen LogP contribution in [0.1, 0.15) is 10.5 Å². The molecule has 4 nitrogen and oxygen atoms in total. The van der Waals surface area contributed by atoms with E-state index in [1.165, 1.54) is 13.3 Å². The summed E-state index contributed by atoms with van der Waals surface area (Å²) in [7, 11) is 1.29. The van der Waals surface area contributed by atoms with Gasteiger partial charge in [0.2, 0.25) is 5.28 Å². The molecule has 1 rings (SSSR count). The van der Waals surface area contributed by atoms with Crippen LogP contribution in [0, 0.1) is 0 Å². The number of rotatable bonds is 1. The molecule has 0 bridgehead atoms. The standard InChI is InChI=1S/C5H5ClN2O2/c1-10-4(9)3-2-7-5(6)8-3/h2H,1H3,(H,7,8). The first-order valence-electron chi connectivity index (χ1n) is 2.53. The molecular formula is C5H5ClN2O2. The van der Waals surface area contributed by atoms with E-state index < -0.39 is 5.97 Å². The van der Waals surface area contributed by atoms with Crippen molar-refractivity contribution in [3.8, 4) is 0 Å². The van der Waals surface area contributed by atoms with E-state index in [0.717, 1.165) is 0 Å². The minimum atomic E-state index is -0.473. The van der Waals surface area contributed by atoms with Gasteiger partial charge in [-0.15, -0.1) is 0 Å². The average molecular weight is 161 g/mol.